The molecule has 7 heavy (non-hydrogen) atoms. The highest BCUT2D eigenvalue weighted by Crippen LogP contribution is 2.01. The highest BCUT2D eigenvalue weighted by atomic mass is 14.8. The van der Waals surface area contributed by atoms with Gasteiger partial charge in [-0.15, -0.1) is 0 Å². The summed E-state index contributed by atoms with van der Waals surface area (Å²) in [5.74, 6) is 0. The summed E-state index contributed by atoms with van der Waals surface area (Å²) >= 11 is 0. The van der Waals surface area contributed by atoms with Crippen LogP contribution < -0.4 is 5.32 Å². The van der Waals surface area contributed by atoms with Crippen molar-refractivity contribution in [1.82, 2.24) is 5.32 Å². The fourth-order valence-electron chi connectivity index (χ4n) is 0.503. The fraction of sp³-hybridized carbons (Fsp3) is 0.167. The summed E-state index contributed by atoms with van der Waals surface area (Å²) < 4.78 is 0. The third kappa shape index (κ3) is 1.07. The van der Waals surface area contributed by atoms with E-state index in [4.69, 9.17) is 0 Å². The third-order valence-electron chi connectivity index (χ3n) is 0.887. The van der Waals surface area contributed by atoms with Gasteiger partial charge in [-0.25, -0.2) is 0 Å². The molecule has 0 aromatic rings. The van der Waals surface area contributed by atoms with Crippen molar-refractivity contribution < 1.29 is 0 Å². The standard InChI is InChI=1S/C6H8N/c1-6-4-2-3-5-7-6/h3-5,7H,1-2H2. The average molecular weight is 94.1 g/mol. The normalized spacial score (nSPS) is 19.1. The van der Waals surface area contributed by atoms with Crippen LogP contribution in [0, 0.1) is 6.42 Å². The molecule has 1 nitrogen and oxygen atoms in total. The molecule has 1 radical (unpaired) electrons. The van der Waals surface area contributed by atoms with Gasteiger partial charge >= 0.3 is 0 Å². The largest absolute Gasteiger partial charge is 0.366 e. The van der Waals surface area contributed by atoms with E-state index in [0.29, 0.717) is 0 Å². The zero-order valence-corrected chi connectivity index (χ0v) is 4.15. The Morgan fingerprint density at radius 2 is 2.57 bits per heavy atom. The monoisotopic (exact) mass is 94.1 g/mol. The van der Waals surface area contributed by atoms with Crippen LogP contribution in [0.25, 0.3) is 0 Å². The maximum atomic E-state index is 3.70. The molecule has 0 bridgehead atoms. The van der Waals surface area contributed by atoms with Crippen LogP contribution in [0.4, 0.5) is 0 Å². The van der Waals surface area contributed by atoms with Gasteiger partial charge in [0.05, 0.1) is 0 Å². The Morgan fingerprint density at radius 3 is 2.86 bits per heavy atom. The maximum Gasteiger partial charge on any atom is 0.0115 e. The molecule has 1 N–H and O–H groups in total. The number of hydrogen-bond donors (Lipinski definition) is 1. The first-order chi connectivity index (χ1) is 3.39. The first kappa shape index (κ1) is 4.44. The molecule has 0 saturated carbocycles. The minimum absolute atomic E-state index is 1.00. The van der Waals surface area contributed by atoms with Crippen LogP contribution >= 0.6 is 0 Å². The van der Waals surface area contributed by atoms with Crippen molar-refractivity contribution in [3.05, 3.63) is 31.0 Å². The van der Waals surface area contributed by atoms with E-state index in [9.17, 15) is 0 Å². The van der Waals surface area contributed by atoms with Gasteiger partial charge in [0.15, 0.2) is 0 Å². The predicted octanol–water partition coefficient (Wildman–Crippen LogP) is 1.21. The zero-order chi connectivity index (χ0) is 5.11. The number of nitrogens with one attached hydrogen (secondary N) is 1. The van der Waals surface area contributed by atoms with Crippen LogP contribution in [0.2, 0.25) is 0 Å². The summed E-state index contributed by atoms with van der Waals surface area (Å²) in [6.07, 6.45) is 7.02. The molecule has 1 rings (SSSR count). The van der Waals surface area contributed by atoms with Gasteiger partial charge in [0.1, 0.15) is 0 Å². The molecule has 0 fully saturated rings. The van der Waals surface area contributed by atoms with Crippen molar-refractivity contribution in [2.24, 2.45) is 0 Å². The van der Waals surface area contributed by atoms with Crippen LogP contribution in [0.5, 0.6) is 0 Å². The van der Waals surface area contributed by atoms with Gasteiger partial charge in [-0.1, -0.05) is 12.7 Å². The van der Waals surface area contributed by atoms with Crippen molar-refractivity contribution >= 4 is 0 Å². The molecule has 0 unspecified atom stereocenters. The number of allylic oxidation sites excluding steroid dienone is 2. The first-order valence-corrected chi connectivity index (χ1v) is 2.33. The average Bonchev–Trinajstić information content (AvgIpc) is 1.69. The predicted molar refractivity (Wildman–Crippen MR) is 30.3 cm³/mol. The Labute approximate surface area is 43.7 Å². The lowest BCUT2D eigenvalue weighted by atomic mass is 10.2. The summed E-state index contributed by atoms with van der Waals surface area (Å²) in [6.45, 7) is 3.70. The molecule has 0 spiro atoms. The Balaban J connectivity index is 2.47. The van der Waals surface area contributed by atoms with E-state index < -0.39 is 0 Å². The summed E-state index contributed by atoms with van der Waals surface area (Å²) in [6, 6.07) is 0. The van der Waals surface area contributed by atoms with Crippen molar-refractivity contribution in [2.45, 2.75) is 6.42 Å². The molecule has 0 aromatic heterocycles. The zero-order valence-electron chi connectivity index (χ0n) is 4.15. The van der Waals surface area contributed by atoms with Crippen LogP contribution in [-0.2, 0) is 0 Å². The number of hydrogen-bond acceptors (Lipinski definition) is 1. The minimum atomic E-state index is 1.00. The van der Waals surface area contributed by atoms with E-state index >= 15 is 0 Å². The summed E-state index contributed by atoms with van der Waals surface area (Å²) in [4.78, 5) is 0. The SMILES string of the molecule is C=C1[CH]CC=CN1. The smallest absolute Gasteiger partial charge is 0.0115 e. The fourth-order valence-corrected chi connectivity index (χ4v) is 0.503. The van der Waals surface area contributed by atoms with Gasteiger partial charge in [-0.2, -0.15) is 0 Å². The van der Waals surface area contributed by atoms with Crippen LogP contribution in [0.1, 0.15) is 6.42 Å². The van der Waals surface area contributed by atoms with E-state index in [1.54, 1.807) is 0 Å². The lowest BCUT2D eigenvalue weighted by Gasteiger charge is -2.06. The minimum Gasteiger partial charge on any atom is -0.366 e. The van der Waals surface area contributed by atoms with Gasteiger partial charge in [-0.3, -0.25) is 0 Å². The van der Waals surface area contributed by atoms with E-state index in [1.165, 1.54) is 0 Å². The molecular formula is C6H8N. The van der Waals surface area contributed by atoms with Crippen molar-refractivity contribution in [1.29, 1.82) is 0 Å². The van der Waals surface area contributed by atoms with Crippen molar-refractivity contribution in [3.8, 4) is 0 Å². The number of rotatable bonds is 0. The van der Waals surface area contributed by atoms with Crippen LogP contribution in [-0.4, -0.2) is 0 Å². The Bertz CT molecular complexity index is 103. The quantitative estimate of drug-likeness (QED) is 0.475. The van der Waals surface area contributed by atoms with Crippen molar-refractivity contribution in [2.75, 3.05) is 0 Å². The van der Waals surface area contributed by atoms with Gasteiger partial charge in [0.25, 0.3) is 0 Å². The lowest BCUT2D eigenvalue weighted by molar-refractivity contribution is 0.985. The van der Waals surface area contributed by atoms with Gasteiger partial charge < -0.3 is 5.32 Å². The molecule has 0 aliphatic carbocycles. The molecule has 1 aliphatic rings. The van der Waals surface area contributed by atoms with Gasteiger partial charge in [0.2, 0.25) is 0 Å². The van der Waals surface area contributed by atoms with E-state index in [1.807, 2.05) is 12.6 Å². The molecule has 1 aliphatic heterocycles. The topological polar surface area (TPSA) is 12.0 Å². The molecule has 0 saturated heterocycles. The van der Waals surface area contributed by atoms with E-state index in [2.05, 4.69) is 18.0 Å². The second kappa shape index (κ2) is 1.82. The summed E-state index contributed by atoms with van der Waals surface area (Å²) in [5.41, 5.74) is 1.00. The molecule has 37 valence electrons. The van der Waals surface area contributed by atoms with E-state index in [-0.39, 0.29) is 0 Å². The Kier molecular flexibility index (Phi) is 1.16. The second-order valence-corrected chi connectivity index (χ2v) is 1.51. The highest BCUT2D eigenvalue weighted by Gasteiger charge is 1.92. The van der Waals surface area contributed by atoms with Gasteiger partial charge in [-0.05, 0) is 12.6 Å². The molecule has 0 atom stereocenters. The molecule has 0 amide bonds. The molecule has 1 heteroatoms. The summed E-state index contributed by atoms with van der Waals surface area (Å²) in [5, 5.41) is 2.95. The van der Waals surface area contributed by atoms with Gasteiger partial charge in [0, 0.05) is 12.1 Å². The third-order valence-corrected chi connectivity index (χ3v) is 0.887. The van der Waals surface area contributed by atoms with E-state index in [0.717, 1.165) is 12.1 Å². The maximum absolute atomic E-state index is 3.70. The van der Waals surface area contributed by atoms with Crippen molar-refractivity contribution in [3.63, 3.8) is 0 Å². The highest BCUT2D eigenvalue weighted by molar-refractivity contribution is 5.15. The molecule has 1 heterocycles. The Morgan fingerprint density at radius 1 is 1.71 bits per heavy atom. The lowest BCUT2D eigenvalue weighted by Crippen LogP contribution is -2.06. The first-order valence-electron chi connectivity index (χ1n) is 2.33. The van der Waals surface area contributed by atoms with Crippen LogP contribution in [0.15, 0.2) is 24.6 Å². The van der Waals surface area contributed by atoms with Crippen LogP contribution in [0.3, 0.4) is 0 Å². The molecule has 0 aromatic carbocycles. The molecular weight excluding hydrogens is 86.1 g/mol. The second-order valence-electron chi connectivity index (χ2n) is 1.51. The summed E-state index contributed by atoms with van der Waals surface area (Å²) in [7, 11) is 0. The Hall–Kier alpha value is -0.720.